The van der Waals surface area contributed by atoms with E-state index in [1.807, 2.05) is 18.2 Å². The molecule has 2 heteroatoms. The monoisotopic (exact) mass is 426 g/mol. The van der Waals surface area contributed by atoms with Crippen LogP contribution in [0.1, 0.15) is 45.2 Å². The minimum Gasteiger partial charge on any atom is -0.489 e. The van der Waals surface area contributed by atoms with Crippen molar-refractivity contribution in [3.63, 3.8) is 0 Å². The first kappa shape index (κ1) is 22.7. The predicted octanol–water partition coefficient (Wildman–Crippen LogP) is 8.39. The van der Waals surface area contributed by atoms with Gasteiger partial charge in [0.05, 0.1) is 0 Å². The average molecular weight is 427 g/mol. The highest BCUT2D eigenvalue weighted by atomic mass is 32.1. The van der Waals surface area contributed by atoms with Crippen LogP contribution in [0.25, 0.3) is 17.2 Å². The van der Waals surface area contributed by atoms with Crippen molar-refractivity contribution in [2.45, 2.75) is 40.7 Å². The van der Waals surface area contributed by atoms with Gasteiger partial charge >= 0.3 is 0 Å². The van der Waals surface area contributed by atoms with E-state index in [2.05, 4.69) is 105 Å². The number of hydrogen-bond acceptors (Lipinski definition) is 2. The molecule has 0 spiro atoms. The summed E-state index contributed by atoms with van der Waals surface area (Å²) in [6, 6.07) is 18.9. The molecule has 158 valence electrons. The topological polar surface area (TPSA) is 9.23 Å². The van der Waals surface area contributed by atoms with Crippen LogP contribution in [0.2, 0.25) is 0 Å². The van der Waals surface area contributed by atoms with Gasteiger partial charge < -0.3 is 4.74 Å². The zero-order valence-corrected chi connectivity index (χ0v) is 19.6. The molecule has 0 aliphatic rings. The Labute approximate surface area is 191 Å². The third-order valence-electron chi connectivity index (χ3n) is 4.55. The van der Waals surface area contributed by atoms with E-state index >= 15 is 0 Å². The first-order valence-electron chi connectivity index (χ1n) is 10.6. The summed E-state index contributed by atoms with van der Waals surface area (Å²) < 4.78 is 6.07. The molecule has 0 saturated heterocycles. The number of allylic oxidation sites excluding steroid dienone is 3. The van der Waals surface area contributed by atoms with E-state index in [9.17, 15) is 0 Å². The average Bonchev–Trinajstić information content (AvgIpc) is 3.27. The van der Waals surface area contributed by atoms with Gasteiger partial charge in [0.1, 0.15) is 12.4 Å². The van der Waals surface area contributed by atoms with Gasteiger partial charge in [0.25, 0.3) is 0 Å². The minimum atomic E-state index is 0.0446. The number of rotatable bonds is 7. The normalized spacial score (nSPS) is 11.9. The molecule has 0 atom stereocenters. The zero-order valence-electron chi connectivity index (χ0n) is 18.8. The summed E-state index contributed by atoms with van der Waals surface area (Å²) in [6.07, 6.45) is 7.20. The lowest BCUT2D eigenvalue weighted by Gasteiger charge is -2.09. The number of benzene rings is 2. The Morgan fingerprint density at radius 3 is 2.65 bits per heavy atom. The van der Waals surface area contributed by atoms with Crippen molar-refractivity contribution < 1.29 is 4.74 Å². The van der Waals surface area contributed by atoms with Crippen molar-refractivity contribution in [2.75, 3.05) is 0 Å². The largest absolute Gasteiger partial charge is 0.489 e. The SMILES string of the molecule is CC(=Cc1cccc(COc2cccc(-c3ccsc3)c2)c1)CC=CC#CC(C)(C)C. The Bertz CT molecular complexity index is 1100. The van der Waals surface area contributed by atoms with Gasteiger partial charge in [-0.3, -0.25) is 0 Å². The molecular weight excluding hydrogens is 396 g/mol. The van der Waals surface area contributed by atoms with E-state index in [1.165, 1.54) is 22.3 Å². The van der Waals surface area contributed by atoms with E-state index in [0.29, 0.717) is 6.61 Å². The molecule has 0 aliphatic carbocycles. The van der Waals surface area contributed by atoms with Gasteiger partial charge in [0, 0.05) is 5.41 Å². The second kappa shape index (κ2) is 10.8. The van der Waals surface area contributed by atoms with Gasteiger partial charge in [-0.2, -0.15) is 11.3 Å². The van der Waals surface area contributed by atoms with Gasteiger partial charge in [-0.25, -0.2) is 0 Å². The van der Waals surface area contributed by atoms with Crippen molar-refractivity contribution in [1.82, 2.24) is 0 Å². The summed E-state index contributed by atoms with van der Waals surface area (Å²) in [6.45, 7) is 9.07. The van der Waals surface area contributed by atoms with E-state index < -0.39 is 0 Å². The van der Waals surface area contributed by atoms with Crippen molar-refractivity contribution in [3.05, 3.63) is 94.2 Å². The first-order valence-corrected chi connectivity index (χ1v) is 11.5. The fraction of sp³-hybridized carbons (Fsp3) is 0.241. The van der Waals surface area contributed by atoms with Crippen LogP contribution in [0.5, 0.6) is 5.75 Å². The fourth-order valence-corrected chi connectivity index (χ4v) is 3.70. The van der Waals surface area contributed by atoms with E-state index in [1.54, 1.807) is 11.3 Å². The van der Waals surface area contributed by atoms with Gasteiger partial charge in [-0.05, 0) is 97.5 Å². The van der Waals surface area contributed by atoms with Crippen LogP contribution in [-0.2, 0) is 6.61 Å². The molecule has 3 aromatic rings. The van der Waals surface area contributed by atoms with Crippen molar-refractivity contribution in [2.24, 2.45) is 5.41 Å². The van der Waals surface area contributed by atoms with Crippen molar-refractivity contribution in [3.8, 4) is 28.7 Å². The molecule has 1 aromatic heterocycles. The molecule has 0 fully saturated rings. The maximum Gasteiger partial charge on any atom is 0.120 e. The predicted molar refractivity (Wildman–Crippen MR) is 135 cm³/mol. The second-order valence-corrected chi connectivity index (χ2v) is 9.47. The van der Waals surface area contributed by atoms with Gasteiger partial charge in [0.15, 0.2) is 0 Å². The molecular formula is C29H30OS. The Morgan fingerprint density at radius 1 is 1.03 bits per heavy atom. The molecule has 2 aromatic carbocycles. The molecule has 0 saturated carbocycles. The lowest BCUT2D eigenvalue weighted by atomic mass is 9.98. The van der Waals surface area contributed by atoms with Gasteiger partial charge in [-0.15, -0.1) is 0 Å². The van der Waals surface area contributed by atoms with Gasteiger partial charge in [-0.1, -0.05) is 59.9 Å². The van der Waals surface area contributed by atoms with E-state index in [0.717, 1.165) is 17.7 Å². The summed E-state index contributed by atoms with van der Waals surface area (Å²) in [5.41, 5.74) is 6.12. The molecule has 1 heterocycles. The van der Waals surface area contributed by atoms with Crippen molar-refractivity contribution >= 4 is 17.4 Å². The summed E-state index contributed by atoms with van der Waals surface area (Å²) >= 11 is 1.71. The van der Waals surface area contributed by atoms with Crippen LogP contribution in [0.15, 0.2) is 83.1 Å². The molecule has 0 radical (unpaired) electrons. The number of hydrogen-bond donors (Lipinski definition) is 0. The molecule has 31 heavy (non-hydrogen) atoms. The van der Waals surface area contributed by atoms with Crippen molar-refractivity contribution in [1.29, 1.82) is 0 Å². The van der Waals surface area contributed by atoms with E-state index in [-0.39, 0.29) is 5.41 Å². The number of ether oxygens (including phenoxy) is 1. The fourth-order valence-electron chi connectivity index (χ4n) is 3.04. The number of thiophene rings is 1. The Hall–Kier alpha value is -3.02. The molecule has 0 bridgehead atoms. The van der Waals surface area contributed by atoms with Crippen LogP contribution in [0.3, 0.4) is 0 Å². The smallest absolute Gasteiger partial charge is 0.120 e. The maximum atomic E-state index is 6.07. The standard InChI is InChI=1S/C29H30OS/c1-23(10-6-5-7-16-29(2,3)4)18-24-11-8-12-25(19-24)21-30-28-14-9-13-26(20-28)27-15-17-31-22-27/h5-6,8-9,11-15,17-20,22H,10,21H2,1-4H3. The van der Waals surface area contributed by atoms with Gasteiger partial charge in [0.2, 0.25) is 0 Å². The molecule has 0 amide bonds. The Morgan fingerprint density at radius 2 is 1.87 bits per heavy atom. The highest BCUT2D eigenvalue weighted by Crippen LogP contribution is 2.26. The zero-order chi connectivity index (χ0) is 22.1. The minimum absolute atomic E-state index is 0.0446. The summed E-state index contributed by atoms with van der Waals surface area (Å²) in [5, 5.41) is 4.25. The quantitative estimate of drug-likeness (QED) is 0.345. The summed E-state index contributed by atoms with van der Waals surface area (Å²) in [7, 11) is 0. The van der Waals surface area contributed by atoms with Crippen LogP contribution >= 0.6 is 11.3 Å². The highest BCUT2D eigenvalue weighted by Gasteiger charge is 2.03. The molecule has 1 nitrogen and oxygen atoms in total. The Kier molecular flexibility index (Phi) is 7.93. The Balaban J connectivity index is 1.59. The third-order valence-corrected chi connectivity index (χ3v) is 5.23. The molecule has 3 rings (SSSR count). The first-order chi connectivity index (χ1) is 14.9. The molecule has 0 N–H and O–H groups in total. The lowest BCUT2D eigenvalue weighted by molar-refractivity contribution is 0.306. The van der Waals surface area contributed by atoms with Crippen LogP contribution in [0.4, 0.5) is 0 Å². The molecule has 0 unspecified atom stereocenters. The van der Waals surface area contributed by atoms with E-state index in [4.69, 9.17) is 4.74 Å². The summed E-state index contributed by atoms with van der Waals surface area (Å²) in [5.74, 6) is 7.24. The second-order valence-electron chi connectivity index (χ2n) is 8.69. The highest BCUT2D eigenvalue weighted by molar-refractivity contribution is 7.08. The van der Waals surface area contributed by atoms with Crippen LogP contribution in [-0.4, -0.2) is 0 Å². The van der Waals surface area contributed by atoms with Crippen LogP contribution in [0, 0.1) is 17.3 Å². The third kappa shape index (κ3) is 7.96. The van der Waals surface area contributed by atoms with Crippen LogP contribution < -0.4 is 4.74 Å². The summed E-state index contributed by atoms with van der Waals surface area (Å²) in [4.78, 5) is 0. The lowest BCUT2D eigenvalue weighted by Crippen LogP contribution is -1.98. The maximum absolute atomic E-state index is 6.07. The molecule has 0 aliphatic heterocycles.